The van der Waals surface area contributed by atoms with E-state index in [1.165, 1.54) is 0 Å². The van der Waals surface area contributed by atoms with Gasteiger partial charge in [-0.05, 0) is 32.0 Å². The smallest absolute Gasteiger partial charge is 0.328 e. The van der Waals surface area contributed by atoms with Crippen LogP contribution in [0.2, 0.25) is 0 Å². The van der Waals surface area contributed by atoms with E-state index in [0.717, 1.165) is 22.2 Å². The van der Waals surface area contributed by atoms with E-state index in [0.29, 0.717) is 5.69 Å². The number of nitrogens with one attached hydrogen (secondary N) is 3. The molecule has 6 nitrogen and oxygen atoms in total. The summed E-state index contributed by atoms with van der Waals surface area (Å²) >= 11 is 0. The number of anilines is 1. The van der Waals surface area contributed by atoms with Gasteiger partial charge >= 0.3 is 12.0 Å². The molecule has 1 atom stereocenters. The van der Waals surface area contributed by atoms with E-state index >= 15 is 0 Å². The minimum Gasteiger partial charge on any atom is -0.464 e. The minimum atomic E-state index is -0.727. The molecule has 3 rings (SSSR count). The van der Waals surface area contributed by atoms with E-state index in [-0.39, 0.29) is 6.61 Å². The van der Waals surface area contributed by atoms with Gasteiger partial charge in [-0.3, -0.25) is 0 Å². The van der Waals surface area contributed by atoms with Crippen LogP contribution in [0.4, 0.5) is 10.5 Å². The lowest BCUT2D eigenvalue weighted by Gasteiger charge is -2.15. The van der Waals surface area contributed by atoms with Crippen molar-refractivity contribution in [1.29, 1.82) is 0 Å². The number of carbonyl (C=O) groups is 2. The summed E-state index contributed by atoms with van der Waals surface area (Å²) in [7, 11) is 0. The molecule has 2 aromatic carbocycles. The van der Waals surface area contributed by atoms with E-state index in [1.807, 2.05) is 54.6 Å². The summed E-state index contributed by atoms with van der Waals surface area (Å²) in [5, 5.41) is 6.48. The average Bonchev–Trinajstić information content (AvgIpc) is 3.06. The summed E-state index contributed by atoms with van der Waals surface area (Å²) in [6.45, 7) is 3.58. The van der Waals surface area contributed by atoms with Crippen LogP contribution in [0.3, 0.4) is 0 Å². The Morgan fingerprint density at radius 3 is 2.62 bits per heavy atom. The van der Waals surface area contributed by atoms with Crippen LogP contribution in [0.5, 0.6) is 0 Å². The first-order valence-corrected chi connectivity index (χ1v) is 8.49. The quantitative estimate of drug-likeness (QED) is 0.610. The number of H-pyrrole nitrogens is 1. The fourth-order valence-electron chi connectivity index (χ4n) is 2.73. The zero-order chi connectivity index (χ0) is 18.5. The largest absolute Gasteiger partial charge is 0.464 e. The van der Waals surface area contributed by atoms with Crippen LogP contribution in [0, 0.1) is 0 Å². The Morgan fingerprint density at radius 2 is 1.85 bits per heavy atom. The van der Waals surface area contributed by atoms with Gasteiger partial charge in [-0.2, -0.15) is 0 Å². The molecule has 0 aliphatic rings. The van der Waals surface area contributed by atoms with Crippen molar-refractivity contribution in [2.24, 2.45) is 0 Å². The molecule has 1 aromatic heterocycles. The Bertz CT molecular complexity index is 900. The molecular formula is C20H21N3O3. The van der Waals surface area contributed by atoms with Crippen molar-refractivity contribution in [3.8, 4) is 11.3 Å². The maximum absolute atomic E-state index is 12.2. The van der Waals surface area contributed by atoms with Crippen molar-refractivity contribution in [2.45, 2.75) is 19.9 Å². The Labute approximate surface area is 151 Å². The number of hydrogen-bond acceptors (Lipinski definition) is 3. The van der Waals surface area contributed by atoms with Gasteiger partial charge in [-0.1, -0.05) is 36.4 Å². The van der Waals surface area contributed by atoms with E-state index in [1.54, 1.807) is 13.8 Å². The minimum absolute atomic E-state index is 0.274. The zero-order valence-electron chi connectivity index (χ0n) is 14.7. The summed E-state index contributed by atoms with van der Waals surface area (Å²) < 4.78 is 4.90. The summed E-state index contributed by atoms with van der Waals surface area (Å²) in [5.41, 5.74) is 3.44. The molecule has 0 saturated heterocycles. The molecule has 26 heavy (non-hydrogen) atoms. The number of urea groups is 1. The number of hydrogen-bond donors (Lipinski definition) is 3. The third kappa shape index (κ3) is 3.85. The normalized spacial score (nSPS) is 11.8. The van der Waals surface area contributed by atoms with Crippen molar-refractivity contribution in [3.63, 3.8) is 0 Å². The third-order valence-electron chi connectivity index (χ3n) is 3.98. The van der Waals surface area contributed by atoms with Gasteiger partial charge in [0.2, 0.25) is 0 Å². The van der Waals surface area contributed by atoms with Gasteiger partial charge in [0, 0.05) is 22.2 Å². The molecule has 3 N–H and O–H groups in total. The predicted octanol–water partition coefficient (Wildman–Crippen LogP) is 3.91. The van der Waals surface area contributed by atoms with E-state index < -0.39 is 18.0 Å². The van der Waals surface area contributed by atoms with E-state index in [9.17, 15) is 9.59 Å². The van der Waals surface area contributed by atoms with Crippen molar-refractivity contribution in [1.82, 2.24) is 10.3 Å². The number of ether oxygens (including phenoxy) is 1. The number of esters is 1. The number of aromatic nitrogens is 1. The lowest BCUT2D eigenvalue weighted by atomic mass is 10.1. The van der Waals surface area contributed by atoms with E-state index in [2.05, 4.69) is 15.6 Å². The number of benzene rings is 2. The van der Waals surface area contributed by atoms with Crippen LogP contribution in [0.25, 0.3) is 22.2 Å². The van der Waals surface area contributed by atoms with Gasteiger partial charge in [0.25, 0.3) is 0 Å². The molecule has 0 aliphatic carbocycles. The highest BCUT2D eigenvalue weighted by molar-refractivity contribution is 5.97. The highest BCUT2D eigenvalue weighted by Gasteiger charge is 2.17. The Kier molecular flexibility index (Phi) is 5.22. The topological polar surface area (TPSA) is 83.2 Å². The maximum Gasteiger partial charge on any atom is 0.328 e. The lowest BCUT2D eigenvalue weighted by molar-refractivity contribution is -0.144. The lowest BCUT2D eigenvalue weighted by Crippen LogP contribution is -2.41. The predicted molar refractivity (Wildman–Crippen MR) is 102 cm³/mol. The van der Waals surface area contributed by atoms with Crippen molar-refractivity contribution < 1.29 is 14.3 Å². The fraction of sp³-hybridized carbons (Fsp3) is 0.200. The molecule has 1 heterocycles. The van der Waals surface area contributed by atoms with Crippen molar-refractivity contribution in [2.75, 3.05) is 11.9 Å². The molecule has 0 aliphatic heterocycles. The van der Waals surface area contributed by atoms with Gasteiger partial charge in [0.1, 0.15) is 6.04 Å². The Morgan fingerprint density at radius 1 is 1.12 bits per heavy atom. The molecule has 0 saturated carbocycles. The van der Waals surface area contributed by atoms with Gasteiger partial charge in [0.15, 0.2) is 0 Å². The summed E-state index contributed by atoms with van der Waals surface area (Å²) in [4.78, 5) is 27.3. The first-order chi connectivity index (χ1) is 12.6. The third-order valence-corrected chi connectivity index (χ3v) is 3.98. The first-order valence-electron chi connectivity index (χ1n) is 8.49. The van der Waals surface area contributed by atoms with Crippen LogP contribution in [-0.4, -0.2) is 29.6 Å². The second-order valence-corrected chi connectivity index (χ2v) is 5.89. The average molecular weight is 351 g/mol. The molecule has 0 unspecified atom stereocenters. The number of carbonyl (C=O) groups excluding carboxylic acids is 2. The summed E-state index contributed by atoms with van der Waals surface area (Å²) in [6.07, 6.45) is 0. The number of fused-ring (bicyclic) bond motifs is 1. The van der Waals surface area contributed by atoms with Crippen LogP contribution in [0.15, 0.2) is 54.6 Å². The Hall–Kier alpha value is -3.28. The maximum atomic E-state index is 12.2. The van der Waals surface area contributed by atoms with Crippen molar-refractivity contribution >= 4 is 28.6 Å². The summed E-state index contributed by atoms with van der Waals surface area (Å²) in [5.74, 6) is -0.466. The molecule has 2 amide bonds. The molecule has 0 bridgehead atoms. The van der Waals surface area contributed by atoms with Gasteiger partial charge in [0.05, 0.1) is 12.3 Å². The van der Waals surface area contributed by atoms with E-state index in [4.69, 9.17) is 4.74 Å². The number of aromatic amines is 1. The highest BCUT2D eigenvalue weighted by atomic mass is 16.5. The standard InChI is InChI=1S/C20H21N3O3/c1-3-26-19(24)13(2)21-20(25)23-17-11-7-5-9-15(17)18-12-14-8-4-6-10-16(14)22-18/h4-13,22H,3H2,1-2H3,(H2,21,23,25)/t13-/m0/s1. The molecular weight excluding hydrogens is 330 g/mol. The second-order valence-electron chi connectivity index (χ2n) is 5.89. The number of amides is 2. The molecule has 134 valence electrons. The van der Waals surface area contributed by atoms with Gasteiger partial charge in [-0.15, -0.1) is 0 Å². The monoisotopic (exact) mass is 351 g/mol. The zero-order valence-corrected chi connectivity index (χ0v) is 14.7. The number of para-hydroxylation sites is 2. The van der Waals surface area contributed by atoms with Gasteiger partial charge < -0.3 is 20.4 Å². The van der Waals surface area contributed by atoms with Crippen LogP contribution in [-0.2, 0) is 9.53 Å². The summed E-state index contributed by atoms with van der Waals surface area (Å²) in [6, 6.07) is 16.3. The second kappa shape index (κ2) is 7.74. The molecule has 0 radical (unpaired) electrons. The van der Waals surface area contributed by atoms with Crippen LogP contribution >= 0.6 is 0 Å². The molecule has 6 heteroatoms. The SMILES string of the molecule is CCOC(=O)[C@H](C)NC(=O)Nc1ccccc1-c1cc2ccccc2[nH]1. The van der Waals surface area contributed by atoms with Crippen LogP contribution < -0.4 is 10.6 Å². The molecule has 0 spiro atoms. The van der Waals surface area contributed by atoms with Crippen molar-refractivity contribution in [3.05, 3.63) is 54.6 Å². The fourth-order valence-corrected chi connectivity index (χ4v) is 2.73. The van der Waals surface area contributed by atoms with Crippen LogP contribution in [0.1, 0.15) is 13.8 Å². The van der Waals surface area contributed by atoms with Gasteiger partial charge in [-0.25, -0.2) is 9.59 Å². The first kappa shape index (κ1) is 17.5. The highest BCUT2D eigenvalue weighted by Crippen LogP contribution is 2.29. The number of rotatable bonds is 5. The molecule has 3 aromatic rings. The Balaban J connectivity index is 1.79. The molecule has 0 fully saturated rings.